The van der Waals surface area contributed by atoms with Crippen LogP contribution < -0.4 is 5.32 Å². The number of aliphatic hydroxyl groups excluding tert-OH is 1. The number of nitrogens with one attached hydrogen (secondary N) is 1. The molecule has 3 aromatic rings. The lowest BCUT2D eigenvalue weighted by Crippen LogP contribution is -2.30. The van der Waals surface area contributed by atoms with Gasteiger partial charge in [-0.1, -0.05) is 72.3 Å². The number of fused-ring (bicyclic) bond motifs is 1. The Labute approximate surface area is 167 Å². The van der Waals surface area contributed by atoms with E-state index in [1.165, 1.54) is 0 Å². The van der Waals surface area contributed by atoms with Gasteiger partial charge in [-0.25, -0.2) is 0 Å². The summed E-state index contributed by atoms with van der Waals surface area (Å²) < 4.78 is 0. The number of hydrogen-bond acceptors (Lipinski definition) is 4. The summed E-state index contributed by atoms with van der Waals surface area (Å²) in [7, 11) is 0. The average molecular weight is 390 g/mol. The van der Waals surface area contributed by atoms with E-state index < -0.39 is 17.6 Å². The average Bonchev–Trinajstić information content (AvgIpc) is 2.72. The normalized spacial score (nSPS) is 14.6. The molecule has 1 atom stereocenters. The molecular weight excluding hydrogens is 374 g/mol. The second kappa shape index (κ2) is 7.33. The second-order valence-electron chi connectivity index (χ2n) is 6.46. The minimum absolute atomic E-state index is 0.0230. The Bertz CT molecular complexity index is 1110. The Morgan fingerprint density at radius 1 is 0.786 bits per heavy atom. The van der Waals surface area contributed by atoms with E-state index in [4.69, 9.17) is 11.6 Å². The van der Waals surface area contributed by atoms with Gasteiger partial charge in [-0.15, -0.1) is 0 Å². The maximum atomic E-state index is 12.9. The molecule has 138 valence electrons. The van der Waals surface area contributed by atoms with Gasteiger partial charge in [0.1, 0.15) is 5.76 Å². The number of hydrogen-bond donors (Lipinski definition) is 2. The van der Waals surface area contributed by atoms with Crippen LogP contribution in [0.25, 0.3) is 5.76 Å². The fourth-order valence-electron chi connectivity index (χ4n) is 3.37. The quantitative estimate of drug-likeness (QED) is 0.600. The van der Waals surface area contributed by atoms with Crippen molar-refractivity contribution in [3.63, 3.8) is 0 Å². The number of carbonyl (C=O) groups excluding carboxylic acids is 2. The molecule has 2 N–H and O–H groups in total. The Morgan fingerprint density at radius 3 is 2.18 bits per heavy atom. The summed E-state index contributed by atoms with van der Waals surface area (Å²) in [6, 6.07) is 22.1. The summed E-state index contributed by atoms with van der Waals surface area (Å²) in [6.45, 7) is 0. The van der Waals surface area contributed by atoms with E-state index in [1.807, 2.05) is 36.4 Å². The minimum Gasteiger partial charge on any atom is -0.507 e. The summed E-state index contributed by atoms with van der Waals surface area (Å²) in [5.74, 6) is -1.54. The van der Waals surface area contributed by atoms with Crippen LogP contribution in [0.3, 0.4) is 0 Å². The maximum Gasteiger partial charge on any atom is 0.235 e. The Morgan fingerprint density at radius 2 is 1.46 bits per heavy atom. The first-order chi connectivity index (χ1) is 13.6. The molecular formula is C23H16ClNO3. The number of benzene rings is 3. The number of anilines is 1. The van der Waals surface area contributed by atoms with Crippen LogP contribution in [0.2, 0.25) is 5.02 Å². The molecule has 0 radical (unpaired) electrons. The fraction of sp³-hybridized carbons (Fsp3) is 0.0435. The van der Waals surface area contributed by atoms with Crippen LogP contribution in [0.15, 0.2) is 84.4 Å². The van der Waals surface area contributed by atoms with Gasteiger partial charge < -0.3 is 10.4 Å². The number of Topliss-reactive ketones (excluding diaryl/α,β-unsaturated/α-hetero) is 2. The van der Waals surface area contributed by atoms with Crippen LogP contribution in [0.1, 0.15) is 27.5 Å². The van der Waals surface area contributed by atoms with Gasteiger partial charge in [-0.05, 0) is 23.8 Å². The number of carbonyl (C=O) groups is 2. The third kappa shape index (κ3) is 3.19. The van der Waals surface area contributed by atoms with Crippen molar-refractivity contribution in [3.8, 4) is 0 Å². The zero-order valence-electron chi connectivity index (χ0n) is 14.7. The molecule has 0 aliphatic heterocycles. The van der Waals surface area contributed by atoms with Crippen molar-refractivity contribution in [1.82, 2.24) is 0 Å². The van der Waals surface area contributed by atoms with Crippen molar-refractivity contribution >= 4 is 34.6 Å². The molecule has 0 aromatic heterocycles. The number of halogens is 1. The van der Waals surface area contributed by atoms with Crippen LogP contribution in [-0.2, 0) is 4.79 Å². The monoisotopic (exact) mass is 389 g/mol. The molecule has 28 heavy (non-hydrogen) atoms. The number of rotatable bonds is 4. The van der Waals surface area contributed by atoms with Gasteiger partial charge in [0.25, 0.3) is 0 Å². The molecule has 0 heterocycles. The highest BCUT2D eigenvalue weighted by atomic mass is 35.5. The van der Waals surface area contributed by atoms with Gasteiger partial charge in [0.05, 0.1) is 11.6 Å². The summed E-state index contributed by atoms with van der Waals surface area (Å²) in [4.78, 5) is 25.6. The van der Waals surface area contributed by atoms with E-state index in [-0.39, 0.29) is 16.9 Å². The lowest BCUT2D eigenvalue weighted by Gasteiger charge is -2.26. The van der Waals surface area contributed by atoms with Crippen LogP contribution in [0.5, 0.6) is 0 Å². The van der Waals surface area contributed by atoms with E-state index in [1.54, 1.807) is 42.5 Å². The molecule has 4 rings (SSSR count). The number of aliphatic hydroxyl groups is 1. The second-order valence-corrected chi connectivity index (χ2v) is 6.90. The first-order valence-electron chi connectivity index (χ1n) is 8.75. The molecule has 1 aliphatic carbocycles. The van der Waals surface area contributed by atoms with Crippen LogP contribution in [-0.4, -0.2) is 16.7 Å². The molecule has 0 bridgehead atoms. The molecule has 4 nitrogen and oxygen atoms in total. The Hall–Kier alpha value is -3.37. The summed E-state index contributed by atoms with van der Waals surface area (Å²) in [5.41, 5.74) is 2.00. The van der Waals surface area contributed by atoms with E-state index in [0.29, 0.717) is 16.3 Å². The highest BCUT2D eigenvalue weighted by Gasteiger charge is 2.37. The fourth-order valence-corrected chi connectivity index (χ4v) is 3.56. The van der Waals surface area contributed by atoms with Crippen molar-refractivity contribution in [2.24, 2.45) is 0 Å². The molecule has 0 amide bonds. The zero-order chi connectivity index (χ0) is 19.7. The SMILES string of the molecule is O=C1C(=O)c2ccccc2C(O)=C1C(Nc1cccc(Cl)c1)c1ccccc1. The Balaban J connectivity index is 1.89. The molecule has 0 spiro atoms. The van der Waals surface area contributed by atoms with Crippen LogP contribution in [0, 0.1) is 0 Å². The van der Waals surface area contributed by atoms with E-state index in [0.717, 1.165) is 5.56 Å². The summed E-state index contributed by atoms with van der Waals surface area (Å²) in [6.07, 6.45) is 0. The molecule has 0 saturated heterocycles. The predicted molar refractivity (Wildman–Crippen MR) is 110 cm³/mol. The third-order valence-electron chi connectivity index (χ3n) is 4.69. The molecule has 3 aromatic carbocycles. The third-order valence-corrected chi connectivity index (χ3v) is 4.93. The summed E-state index contributed by atoms with van der Waals surface area (Å²) >= 11 is 6.09. The van der Waals surface area contributed by atoms with Crippen molar-refractivity contribution < 1.29 is 14.7 Å². The van der Waals surface area contributed by atoms with Crippen molar-refractivity contribution in [2.45, 2.75) is 6.04 Å². The van der Waals surface area contributed by atoms with Crippen molar-refractivity contribution in [3.05, 3.63) is 106 Å². The molecule has 1 aliphatic rings. The van der Waals surface area contributed by atoms with Gasteiger partial charge in [0.15, 0.2) is 0 Å². The standard InChI is InChI=1S/C23H16ClNO3/c24-15-9-6-10-16(13-15)25-20(14-7-2-1-3-8-14)19-21(26)17-11-4-5-12-18(17)22(27)23(19)28/h1-13,20,25-26H. The van der Waals surface area contributed by atoms with Crippen LogP contribution in [0.4, 0.5) is 5.69 Å². The largest absolute Gasteiger partial charge is 0.507 e. The van der Waals surface area contributed by atoms with E-state index in [2.05, 4.69) is 5.32 Å². The topological polar surface area (TPSA) is 66.4 Å². The first kappa shape index (κ1) is 18.0. The number of ketones is 2. The van der Waals surface area contributed by atoms with Gasteiger partial charge in [0.2, 0.25) is 11.6 Å². The maximum absolute atomic E-state index is 12.9. The highest BCUT2D eigenvalue weighted by Crippen LogP contribution is 2.37. The van der Waals surface area contributed by atoms with Crippen LogP contribution >= 0.6 is 11.6 Å². The van der Waals surface area contributed by atoms with Crippen molar-refractivity contribution in [1.29, 1.82) is 0 Å². The van der Waals surface area contributed by atoms with E-state index >= 15 is 0 Å². The minimum atomic E-state index is -0.723. The smallest absolute Gasteiger partial charge is 0.235 e. The molecule has 0 fully saturated rings. The van der Waals surface area contributed by atoms with Gasteiger partial charge in [0, 0.05) is 21.8 Å². The summed E-state index contributed by atoms with van der Waals surface area (Å²) in [5, 5.41) is 14.7. The van der Waals surface area contributed by atoms with E-state index in [9.17, 15) is 14.7 Å². The molecule has 0 saturated carbocycles. The zero-order valence-corrected chi connectivity index (χ0v) is 15.5. The van der Waals surface area contributed by atoms with Gasteiger partial charge in [-0.2, -0.15) is 0 Å². The van der Waals surface area contributed by atoms with Gasteiger partial charge in [-0.3, -0.25) is 9.59 Å². The predicted octanol–water partition coefficient (Wildman–Crippen LogP) is 5.23. The first-order valence-corrected chi connectivity index (χ1v) is 9.12. The van der Waals surface area contributed by atoms with Gasteiger partial charge >= 0.3 is 0 Å². The highest BCUT2D eigenvalue weighted by molar-refractivity contribution is 6.52. The lowest BCUT2D eigenvalue weighted by atomic mass is 9.83. The molecule has 1 unspecified atom stereocenters. The Kier molecular flexibility index (Phi) is 4.72. The lowest BCUT2D eigenvalue weighted by molar-refractivity contribution is -0.112. The molecule has 5 heteroatoms. The van der Waals surface area contributed by atoms with Crippen molar-refractivity contribution in [2.75, 3.05) is 5.32 Å².